The third-order valence-corrected chi connectivity index (χ3v) is 3.20. The average Bonchev–Trinajstić information content (AvgIpc) is 2.32. The van der Waals surface area contributed by atoms with Crippen LogP contribution in [-0.4, -0.2) is 29.1 Å². The molecule has 5 heteroatoms. The Morgan fingerprint density at radius 2 is 2.22 bits per heavy atom. The van der Waals surface area contributed by atoms with E-state index in [1.54, 1.807) is 19.1 Å². The summed E-state index contributed by atoms with van der Waals surface area (Å²) >= 11 is 5.95. The van der Waals surface area contributed by atoms with Crippen molar-refractivity contribution in [2.75, 3.05) is 13.1 Å². The van der Waals surface area contributed by atoms with Gasteiger partial charge >= 0.3 is 5.97 Å². The molecule has 0 amide bonds. The number of hydrogen-bond acceptors (Lipinski definition) is 2. The van der Waals surface area contributed by atoms with Crippen LogP contribution in [0.4, 0.5) is 4.39 Å². The van der Waals surface area contributed by atoms with Crippen molar-refractivity contribution in [3.8, 4) is 0 Å². The Morgan fingerprint density at radius 3 is 2.72 bits per heavy atom. The van der Waals surface area contributed by atoms with Crippen molar-refractivity contribution in [1.82, 2.24) is 4.90 Å². The van der Waals surface area contributed by atoms with Gasteiger partial charge in [0.2, 0.25) is 0 Å². The van der Waals surface area contributed by atoms with Crippen molar-refractivity contribution in [3.63, 3.8) is 0 Å². The van der Waals surface area contributed by atoms with Gasteiger partial charge < -0.3 is 5.11 Å². The van der Waals surface area contributed by atoms with Crippen LogP contribution in [0.15, 0.2) is 18.2 Å². The molecule has 0 aliphatic carbocycles. The van der Waals surface area contributed by atoms with Crippen LogP contribution in [0.2, 0.25) is 5.02 Å². The molecule has 1 aromatic carbocycles. The minimum atomic E-state index is -0.854. The van der Waals surface area contributed by atoms with Gasteiger partial charge in [0, 0.05) is 23.7 Å². The third kappa shape index (κ3) is 3.96. The summed E-state index contributed by atoms with van der Waals surface area (Å²) < 4.78 is 13.6. The minimum Gasteiger partial charge on any atom is -0.481 e. The highest BCUT2D eigenvalue weighted by molar-refractivity contribution is 6.31. The normalized spacial score (nSPS) is 12.7. The van der Waals surface area contributed by atoms with E-state index >= 15 is 0 Å². The smallest absolute Gasteiger partial charge is 0.307 e. The first-order valence-corrected chi connectivity index (χ1v) is 6.21. The first kappa shape index (κ1) is 14.9. The number of nitrogens with zero attached hydrogens (tertiary/aromatic N) is 1. The highest BCUT2D eigenvalue weighted by Gasteiger charge is 2.17. The highest BCUT2D eigenvalue weighted by atomic mass is 35.5. The summed E-state index contributed by atoms with van der Waals surface area (Å²) in [4.78, 5) is 12.7. The number of aliphatic carboxylic acids is 1. The molecule has 0 fully saturated rings. The molecule has 0 radical (unpaired) electrons. The zero-order valence-corrected chi connectivity index (χ0v) is 11.2. The van der Waals surface area contributed by atoms with Crippen molar-refractivity contribution in [2.45, 2.75) is 20.4 Å². The van der Waals surface area contributed by atoms with Gasteiger partial charge in [-0.1, -0.05) is 31.5 Å². The fraction of sp³-hybridized carbons (Fsp3) is 0.462. The summed E-state index contributed by atoms with van der Waals surface area (Å²) in [7, 11) is 0. The van der Waals surface area contributed by atoms with E-state index in [1.165, 1.54) is 6.07 Å². The van der Waals surface area contributed by atoms with Crippen LogP contribution in [0.25, 0.3) is 0 Å². The Bertz CT molecular complexity index is 405. The predicted octanol–water partition coefficient (Wildman–Crippen LogP) is 3.02. The number of rotatable bonds is 6. The molecule has 1 N–H and O–H groups in total. The van der Waals surface area contributed by atoms with Crippen LogP contribution in [0.3, 0.4) is 0 Å². The quantitative estimate of drug-likeness (QED) is 0.866. The third-order valence-electron chi connectivity index (χ3n) is 2.84. The molecular formula is C13H17ClFNO2. The van der Waals surface area contributed by atoms with Crippen molar-refractivity contribution >= 4 is 17.6 Å². The van der Waals surface area contributed by atoms with E-state index in [4.69, 9.17) is 16.7 Å². The van der Waals surface area contributed by atoms with Crippen LogP contribution in [-0.2, 0) is 11.3 Å². The molecular weight excluding hydrogens is 257 g/mol. The average molecular weight is 274 g/mol. The Hall–Kier alpha value is -1.13. The molecule has 0 heterocycles. The van der Waals surface area contributed by atoms with Gasteiger partial charge in [-0.3, -0.25) is 9.69 Å². The maximum atomic E-state index is 13.6. The van der Waals surface area contributed by atoms with E-state index in [0.29, 0.717) is 30.2 Å². The van der Waals surface area contributed by atoms with Crippen molar-refractivity contribution in [1.29, 1.82) is 0 Å². The molecule has 1 aromatic rings. The van der Waals surface area contributed by atoms with E-state index in [0.717, 1.165) is 0 Å². The largest absolute Gasteiger partial charge is 0.481 e. The zero-order chi connectivity index (χ0) is 13.7. The number of carboxylic acids is 1. The summed E-state index contributed by atoms with van der Waals surface area (Å²) in [5.74, 6) is -1.70. The lowest BCUT2D eigenvalue weighted by atomic mass is 10.1. The molecule has 3 nitrogen and oxygen atoms in total. The van der Waals surface area contributed by atoms with Gasteiger partial charge in [-0.05, 0) is 18.7 Å². The first-order chi connectivity index (χ1) is 8.45. The molecule has 0 aromatic heterocycles. The number of carbonyl (C=O) groups is 1. The van der Waals surface area contributed by atoms with Crippen LogP contribution < -0.4 is 0 Å². The van der Waals surface area contributed by atoms with E-state index in [1.807, 2.05) is 11.8 Å². The zero-order valence-electron chi connectivity index (χ0n) is 10.5. The van der Waals surface area contributed by atoms with Crippen molar-refractivity contribution < 1.29 is 14.3 Å². The predicted molar refractivity (Wildman–Crippen MR) is 69.2 cm³/mol. The molecule has 0 aliphatic rings. The second-order valence-corrected chi connectivity index (χ2v) is 4.67. The Balaban J connectivity index is 2.77. The standard InChI is InChI=1S/C13H17ClFNO2/c1-3-16(7-9(2)13(17)18)8-10-11(14)5-4-6-12(10)15/h4-6,9H,3,7-8H2,1-2H3,(H,17,18). The molecule has 1 rings (SSSR count). The molecule has 1 atom stereocenters. The fourth-order valence-corrected chi connectivity index (χ4v) is 1.90. The van der Waals surface area contributed by atoms with Gasteiger partial charge in [0.15, 0.2) is 0 Å². The monoisotopic (exact) mass is 273 g/mol. The molecule has 0 bridgehead atoms. The van der Waals surface area contributed by atoms with Gasteiger partial charge in [0.05, 0.1) is 5.92 Å². The molecule has 100 valence electrons. The van der Waals surface area contributed by atoms with Crippen LogP contribution in [0, 0.1) is 11.7 Å². The molecule has 0 saturated heterocycles. The van der Waals surface area contributed by atoms with Gasteiger partial charge in [0.25, 0.3) is 0 Å². The molecule has 18 heavy (non-hydrogen) atoms. The SMILES string of the molecule is CCN(Cc1c(F)cccc1Cl)CC(C)C(=O)O. The Labute approximate surface area is 111 Å². The summed E-state index contributed by atoms with van der Waals surface area (Å²) in [5, 5.41) is 9.25. The fourth-order valence-electron chi connectivity index (χ4n) is 1.68. The van der Waals surface area contributed by atoms with E-state index in [2.05, 4.69) is 0 Å². The lowest BCUT2D eigenvalue weighted by molar-refractivity contribution is -0.141. The van der Waals surface area contributed by atoms with Crippen LogP contribution >= 0.6 is 11.6 Å². The van der Waals surface area contributed by atoms with Crippen LogP contribution in [0.5, 0.6) is 0 Å². The van der Waals surface area contributed by atoms with E-state index in [-0.39, 0.29) is 5.82 Å². The molecule has 0 aliphatic heterocycles. The van der Waals surface area contributed by atoms with Crippen molar-refractivity contribution in [3.05, 3.63) is 34.6 Å². The summed E-state index contributed by atoms with van der Waals surface area (Å²) in [6, 6.07) is 4.54. The van der Waals surface area contributed by atoms with Gasteiger partial charge in [-0.15, -0.1) is 0 Å². The van der Waals surface area contributed by atoms with E-state index < -0.39 is 11.9 Å². The van der Waals surface area contributed by atoms with E-state index in [9.17, 15) is 9.18 Å². The summed E-state index contributed by atoms with van der Waals surface area (Å²) in [6.07, 6.45) is 0. The second-order valence-electron chi connectivity index (χ2n) is 4.27. The van der Waals surface area contributed by atoms with Gasteiger partial charge in [-0.2, -0.15) is 0 Å². The maximum absolute atomic E-state index is 13.6. The van der Waals surface area contributed by atoms with Gasteiger partial charge in [-0.25, -0.2) is 4.39 Å². The number of hydrogen-bond donors (Lipinski definition) is 1. The van der Waals surface area contributed by atoms with Gasteiger partial charge in [0.1, 0.15) is 5.82 Å². The topological polar surface area (TPSA) is 40.5 Å². The number of carboxylic acid groups (broad SMARTS) is 1. The summed E-state index contributed by atoms with van der Waals surface area (Å²) in [5.41, 5.74) is 0.415. The lowest BCUT2D eigenvalue weighted by Crippen LogP contribution is -2.31. The Kier molecular flexibility index (Phi) is 5.56. The number of halogens is 2. The minimum absolute atomic E-state index is 0.319. The first-order valence-electron chi connectivity index (χ1n) is 5.83. The summed E-state index contributed by atoms with van der Waals surface area (Å²) in [6.45, 7) is 4.87. The molecule has 0 spiro atoms. The highest BCUT2D eigenvalue weighted by Crippen LogP contribution is 2.21. The molecule has 1 unspecified atom stereocenters. The number of benzene rings is 1. The van der Waals surface area contributed by atoms with Crippen molar-refractivity contribution in [2.24, 2.45) is 5.92 Å². The molecule has 0 saturated carbocycles. The lowest BCUT2D eigenvalue weighted by Gasteiger charge is -2.23. The maximum Gasteiger partial charge on any atom is 0.307 e. The second kappa shape index (κ2) is 6.71. The van der Waals surface area contributed by atoms with Crippen LogP contribution in [0.1, 0.15) is 19.4 Å². The Morgan fingerprint density at radius 1 is 1.56 bits per heavy atom.